The van der Waals surface area contributed by atoms with Crippen LogP contribution in [0.4, 0.5) is 14.5 Å². The molecule has 0 radical (unpaired) electrons. The highest BCUT2D eigenvalue weighted by Crippen LogP contribution is 2.53. The molecule has 3 saturated heterocycles. The average molecular weight is 716 g/mol. The van der Waals surface area contributed by atoms with Crippen molar-refractivity contribution in [3.63, 3.8) is 0 Å². The van der Waals surface area contributed by atoms with E-state index in [4.69, 9.17) is 9.88 Å². The summed E-state index contributed by atoms with van der Waals surface area (Å²) in [6.07, 6.45) is 4.01. The summed E-state index contributed by atoms with van der Waals surface area (Å²) in [6, 6.07) is 12.1. The SMILES string of the molecule is COC(=O)C[C@H]1CCC[C@@H]1[C@](CNC(C)=O)(c1cccc(F)c1)C1CCN(CC2CN(c3ccc(S(N)(=O)=O)c(CN4CC(F)C4)c3)C2)CC1. The van der Waals surface area contributed by atoms with Crippen molar-refractivity contribution in [1.82, 2.24) is 15.1 Å². The standard InChI is InChI=1S/C37H51F2N5O5S/c1-25(45)41-24-37(30-6-4-7-31(38)17-30,34-8-3-5-27(34)16-36(46)49-2)29-11-13-42(14-12-29)18-26-19-44(20-26)33-9-10-35(50(40,47)48)28(15-33)21-43-22-32(39)23-43/h4,6-7,9-10,15,17,26-27,29,32,34H,3,5,8,11-14,16,18-24H2,1-2H3,(H,41,45)(H2,40,47,48)/t27-,34+,37+/m1/s1. The van der Waals surface area contributed by atoms with Gasteiger partial charge in [0.15, 0.2) is 0 Å². The van der Waals surface area contributed by atoms with Crippen LogP contribution >= 0.6 is 0 Å². The second-order valence-corrected chi connectivity index (χ2v) is 16.5. The summed E-state index contributed by atoms with van der Waals surface area (Å²) in [5.74, 6) is 0.152. The molecular formula is C37H51F2N5O5S. The van der Waals surface area contributed by atoms with Crippen LogP contribution < -0.4 is 15.4 Å². The van der Waals surface area contributed by atoms with Crippen LogP contribution in [0.25, 0.3) is 0 Å². The van der Waals surface area contributed by atoms with E-state index in [1.54, 1.807) is 24.3 Å². The van der Waals surface area contributed by atoms with Crippen molar-refractivity contribution in [3.05, 3.63) is 59.4 Å². The van der Waals surface area contributed by atoms with Crippen molar-refractivity contribution in [2.45, 2.75) is 68.5 Å². The molecule has 1 amide bonds. The molecule has 3 N–H and O–H groups in total. The van der Waals surface area contributed by atoms with Gasteiger partial charge in [-0.1, -0.05) is 18.6 Å². The number of nitrogens with zero attached hydrogens (tertiary/aromatic N) is 3. The number of alkyl halides is 1. The number of ether oxygens (including phenoxy) is 1. The first-order valence-electron chi connectivity index (χ1n) is 17.9. The lowest BCUT2D eigenvalue weighted by Crippen LogP contribution is -2.56. The number of likely N-dealkylation sites (tertiary alicyclic amines) is 2. The fourth-order valence-electron chi connectivity index (χ4n) is 9.37. The number of nitrogens with one attached hydrogen (secondary N) is 1. The number of methoxy groups -OCH3 is 1. The third-order valence-corrected chi connectivity index (χ3v) is 12.8. The maximum Gasteiger partial charge on any atom is 0.305 e. The molecule has 3 atom stereocenters. The van der Waals surface area contributed by atoms with Crippen LogP contribution in [0.1, 0.15) is 56.6 Å². The van der Waals surface area contributed by atoms with Gasteiger partial charge in [-0.05, 0) is 98.0 Å². The molecule has 3 heterocycles. The van der Waals surface area contributed by atoms with E-state index in [9.17, 15) is 26.8 Å². The highest BCUT2D eigenvalue weighted by molar-refractivity contribution is 7.89. The van der Waals surface area contributed by atoms with Gasteiger partial charge in [0.05, 0.1) is 12.0 Å². The van der Waals surface area contributed by atoms with E-state index >= 15 is 0 Å². The van der Waals surface area contributed by atoms with Crippen molar-refractivity contribution in [2.75, 3.05) is 64.4 Å². The first kappa shape index (κ1) is 36.7. The van der Waals surface area contributed by atoms with Gasteiger partial charge in [0.2, 0.25) is 15.9 Å². The summed E-state index contributed by atoms with van der Waals surface area (Å²) >= 11 is 0. The number of benzene rings is 2. The van der Waals surface area contributed by atoms with Gasteiger partial charge in [-0.25, -0.2) is 22.3 Å². The fraction of sp³-hybridized carbons (Fsp3) is 0.622. The molecule has 10 nitrogen and oxygen atoms in total. The summed E-state index contributed by atoms with van der Waals surface area (Å²) < 4.78 is 57.9. The van der Waals surface area contributed by atoms with Gasteiger partial charge >= 0.3 is 5.97 Å². The number of primary sulfonamides is 1. The van der Waals surface area contributed by atoms with E-state index in [0.717, 1.165) is 76.1 Å². The molecule has 3 aliphatic heterocycles. The molecule has 6 rings (SSSR count). The number of hydrogen-bond donors (Lipinski definition) is 2. The third-order valence-electron chi connectivity index (χ3n) is 11.8. The summed E-state index contributed by atoms with van der Waals surface area (Å²) in [7, 11) is -2.49. The van der Waals surface area contributed by atoms with Gasteiger partial charge in [0.25, 0.3) is 0 Å². The molecular weight excluding hydrogens is 664 g/mol. The minimum absolute atomic E-state index is 0.0875. The zero-order valence-electron chi connectivity index (χ0n) is 29.2. The first-order valence-corrected chi connectivity index (χ1v) is 19.5. The summed E-state index contributed by atoms with van der Waals surface area (Å²) in [5, 5.41) is 8.63. The minimum atomic E-state index is -3.90. The molecule has 0 bridgehead atoms. The van der Waals surface area contributed by atoms with Gasteiger partial charge < -0.3 is 19.9 Å². The predicted molar refractivity (Wildman–Crippen MR) is 187 cm³/mol. The number of carbonyl (C=O) groups excluding carboxylic acids is 2. The Morgan fingerprint density at radius 3 is 2.40 bits per heavy atom. The van der Waals surface area contributed by atoms with Crippen molar-refractivity contribution in [1.29, 1.82) is 0 Å². The summed E-state index contributed by atoms with van der Waals surface area (Å²) in [6.45, 7) is 7.23. The molecule has 0 aromatic heterocycles. The highest BCUT2D eigenvalue weighted by atomic mass is 32.2. The maximum atomic E-state index is 14.9. The van der Waals surface area contributed by atoms with Crippen molar-refractivity contribution in [3.8, 4) is 0 Å². The number of carbonyl (C=O) groups is 2. The Labute approximate surface area is 294 Å². The number of halogens is 2. The quantitative estimate of drug-likeness (QED) is 0.300. The molecule has 0 unspecified atom stereocenters. The Bertz CT molecular complexity index is 1640. The van der Waals surface area contributed by atoms with E-state index in [1.807, 2.05) is 17.0 Å². The van der Waals surface area contributed by atoms with Crippen LogP contribution in [-0.4, -0.2) is 95.7 Å². The van der Waals surface area contributed by atoms with Gasteiger partial charge in [-0.3, -0.25) is 14.5 Å². The van der Waals surface area contributed by atoms with Gasteiger partial charge in [-0.2, -0.15) is 0 Å². The van der Waals surface area contributed by atoms with E-state index in [0.29, 0.717) is 44.1 Å². The number of esters is 1. The predicted octanol–water partition coefficient (Wildman–Crippen LogP) is 3.83. The average Bonchev–Trinajstić information content (AvgIpc) is 3.50. The van der Waals surface area contributed by atoms with E-state index in [2.05, 4.69) is 15.1 Å². The molecule has 50 heavy (non-hydrogen) atoms. The number of amides is 1. The van der Waals surface area contributed by atoms with Gasteiger partial charge in [0, 0.05) is 76.2 Å². The van der Waals surface area contributed by atoms with Crippen LogP contribution in [0, 0.1) is 29.5 Å². The number of sulfonamides is 1. The topological polar surface area (TPSA) is 125 Å². The van der Waals surface area contributed by atoms with Gasteiger partial charge in [-0.15, -0.1) is 0 Å². The normalized spacial score (nSPS) is 24.0. The fourth-order valence-corrected chi connectivity index (χ4v) is 10.1. The molecule has 2 aromatic carbocycles. The van der Waals surface area contributed by atoms with Crippen molar-refractivity contribution >= 4 is 27.6 Å². The lowest BCUT2D eigenvalue weighted by Gasteiger charge is -2.51. The Morgan fingerprint density at radius 2 is 1.76 bits per heavy atom. The second-order valence-electron chi connectivity index (χ2n) is 15.0. The minimum Gasteiger partial charge on any atom is -0.469 e. The van der Waals surface area contributed by atoms with Crippen LogP contribution in [0.15, 0.2) is 47.4 Å². The zero-order valence-corrected chi connectivity index (χ0v) is 30.0. The highest BCUT2D eigenvalue weighted by Gasteiger charge is 2.52. The largest absolute Gasteiger partial charge is 0.469 e. The summed E-state index contributed by atoms with van der Waals surface area (Å²) in [4.78, 5) is 31.6. The monoisotopic (exact) mass is 715 g/mol. The third kappa shape index (κ3) is 8.00. The van der Waals surface area contributed by atoms with E-state index in [-0.39, 0.29) is 40.3 Å². The number of nitrogens with two attached hydrogens (primary N) is 1. The Kier molecular flexibility index (Phi) is 11.2. The van der Waals surface area contributed by atoms with Crippen LogP contribution in [0.2, 0.25) is 0 Å². The molecule has 0 spiro atoms. The van der Waals surface area contributed by atoms with Crippen LogP contribution in [-0.2, 0) is 36.3 Å². The lowest BCUT2D eigenvalue weighted by atomic mass is 9.57. The molecule has 4 aliphatic rings. The Morgan fingerprint density at radius 1 is 1.02 bits per heavy atom. The lowest BCUT2D eigenvalue weighted by molar-refractivity contribution is -0.142. The molecule has 13 heteroatoms. The van der Waals surface area contributed by atoms with Crippen molar-refractivity contribution in [2.24, 2.45) is 28.8 Å². The molecule has 2 aromatic rings. The Hall–Kier alpha value is -3.13. The number of rotatable bonds is 13. The van der Waals surface area contributed by atoms with E-state index < -0.39 is 21.6 Å². The number of anilines is 1. The molecule has 1 saturated carbocycles. The first-order chi connectivity index (χ1) is 23.8. The maximum absolute atomic E-state index is 14.9. The number of piperidine rings is 1. The molecule has 274 valence electrons. The summed E-state index contributed by atoms with van der Waals surface area (Å²) in [5.41, 5.74) is 1.91. The van der Waals surface area contributed by atoms with E-state index in [1.165, 1.54) is 20.1 Å². The second kappa shape index (κ2) is 15.2. The zero-order chi connectivity index (χ0) is 35.6. The van der Waals surface area contributed by atoms with Crippen LogP contribution in [0.5, 0.6) is 0 Å². The smallest absolute Gasteiger partial charge is 0.305 e. The van der Waals surface area contributed by atoms with Gasteiger partial charge in [0.1, 0.15) is 12.0 Å². The molecule has 4 fully saturated rings. The van der Waals surface area contributed by atoms with Crippen LogP contribution in [0.3, 0.4) is 0 Å². The molecule has 1 aliphatic carbocycles. The number of hydrogen-bond acceptors (Lipinski definition) is 8. The Balaban J connectivity index is 1.13. The van der Waals surface area contributed by atoms with Crippen molar-refractivity contribution < 1.29 is 31.5 Å².